The van der Waals surface area contributed by atoms with Crippen LogP contribution in [0.2, 0.25) is 0 Å². The standard InChI is InChI=1S/C16H18O/c1-15-9-16(2)12(17)8-11(15)14(15)13(16)10-6-4-3-5-7-10/h3-7,11,13-14H,8-9H2,1-2H3/t11-,13+,14-,15+,16+/m0/s1. The van der Waals surface area contributed by atoms with Gasteiger partial charge in [-0.3, -0.25) is 4.79 Å². The largest absolute Gasteiger partial charge is 0.299 e. The van der Waals surface area contributed by atoms with Crippen molar-refractivity contribution in [1.82, 2.24) is 0 Å². The molecule has 0 heterocycles. The van der Waals surface area contributed by atoms with E-state index in [9.17, 15) is 4.79 Å². The Hall–Kier alpha value is -1.11. The van der Waals surface area contributed by atoms with E-state index in [1.54, 1.807) is 0 Å². The summed E-state index contributed by atoms with van der Waals surface area (Å²) in [5.41, 5.74) is 1.79. The highest BCUT2D eigenvalue weighted by molar-refractivity contribution is 5.90. The Labute approximate surface area is 102 Å². The summed E-state index contributed by atoms with van der Waals surface area (Å²) in [5.74, 6) is 2.46. The van der Waals surface area contributed by atoms with Crippen molar-refractivity contribution in [2.75, 3.05) is 0 Å². The summed E-state index contributed by atoms with van der Waals surface area (Å²) >= 11 is 0. The van der Waals surface area contributed by atoms with E-state index in [1.807, 2.05) is 0 Å². The predicted molar refractivity (Wildman–Crippen MR) is 66.6 cm³/mol. The van der Waals surface area contributed by atoms with Crippen LogP contribution in [0.25, 0.3) is 0 Å². The Bertz CT molecular complexity index is 506. The third kappa shape index (κ3) is 0.955. The first-order valence-corrected chi connectivity index (χ1v) is 6.66. The minimum atomic E-state index is -0.0739. The Morgan fingerprint density at radius 1 is 1.18 bits per heavy atom. The minimum absolute atomic E-state index is 0.0739. The van der Waals surface area contributed by atoms with Crippen molar-refractivity contribution in [2.45, 2.75) is 32.6 Å². The van der Waals surface area contributed by atoms with E-state index in [0.29, 0.717) is 23.0 Å². The van der Waals surface area contributed by atoms with E-state index in [1.165, 1.54) is 5.56 Å². The van der Waals surface area contributed by atoms with Gasteiger partial charge in [0.2, 0.25) is 0 Å². The van der Waals surface area contributed by atoms with Crippen LogP contribution < -0.4 is 0 Å². The van der Waals surface area contributed by atoms with E-state index in [-0.39, 0.29) is 5.41 Å². The van der Waals surface area contributed by atoms with Gasteiger partial charge in [0.05, 0.1) is 0 Å². The van der Waals surface area contributed by atoms with Crippen molar-refractivity contribution < 1.29 is 4.79 Å². The maximum absolute atomic E-state index is 12.3. The van der Waals surface area contributed by atoms with Gasteiger partial charge in [-0.1, -0.05) is 44.2 Å². The van der Waals surface area contributed by atoms with Gasteiger partial charge in [0.15, 0.2) is 0 Å². The fourth-order valence-electron chi connectivity index (χ4n) is 5.16. The van der Waals surface area contributed by atoms with Crippen LogP contribution in [0.15, 0.2) is 30.3 Å². The van der Waals surface area contributed by atoms with Crippen molar-refractivity contribution in [3.8, 4) is 0 Å². The van der Waals surface area contributed by atoms with Crippen LogP contribution in [0.5, 0.6) is 0 Å². The smallest absolute Gasteiger partial charge is 0.139 e. The molecular weight excluding hydrogens is 208 g/mol. The molecule has 0 radical (unpaired) electrons. The molecular formula is C16H18O. The van der Waals surface area contributed by atoms with E-state index in [0.717, 1.165) is 18.8 Å². The maximum Gasteiger partial charge on any atom is 0.139 e. The zero-order valence-corrected chi connectivity index (χ0v) is 10.4. The molecule has 4 aliphatic carbocycles. The Morgan fingerprint density at radius 2 is 1.88 bits per heavy atom. The molecule has 0 aromatic heterocycles. The number of carbonyl (C=O) groups is 1. The first kappa shape index (κ1) is 9.87. The number of carbonyl (C=O) groups excluding carboxylic acids is 1. The van der Waals surface area contributed by atoms with Crippen LogP contribution in [-0.2, 0) is 4.79 Å². The van der Waals surface area contributed by atoms with Gasteiger partial charge < -0.3 is 0 Å². The van der Waals surface area contributed by atoms with Crippen LogP contribution in [0, 0.1) is 22.7 Å². The molecule has 0 unspecified atom stereocenters. The number of ketones is 1. The lowest BCUT2D eigenvalue weighted by atomic mass is 9.62. The van der Waals surface area contributed by atoms with Gasteiger partial charge in [0.25, 0.3) is 0 Å². The van der Waals surface area contributed by atoms with E-state index in [4.69, 9.17) is 0 Å². The second-order valence-electron chi connectivity index (χ2n) is 6.75. The van der Waals surface area contributed by atoms with Gasteiger partial charge in [-0.15, -0.1) is 0 Å². The highest BCUT2D eigenvalue weighted by Crippen LogP contribution is 2.82. The van der Waals surface area contributed by atoms with Gasteiger partial charge in [0, 0.05) is 11.8 Å². The number of Topliss-reactive ketones (excluding diaryl/α,β-unsaturated/α-hetero) is 1. The van der Waals surface area contributed by atoms with Gasteiger partial charge in [-0.25, -0.2) is 0 Å². The molecule has 0 spiro atoms. The molecule has 1 heteroatoms. The normalized spacial score (nSPS) is 50.5. The number of fused-ring (bicyclic) bond motifs is 1. The summed E-state index contributed by atoms with van der Waals surface area (Å²) in [6, 6.07) is 10.7. The molecule has 17 heavy (non-hydrogen) atoms. The Balaban J connectivity index is 1.85. The van der Waals surface area contributed by atoms with Gasteiger partial charge in [-0.2, -0.15) is 0 Å². The van der Waals surface area contributed by atoms with Crippen molar-refractivity contribution in [3.05, 3.63) is 35.9 Å². The van der Waals surface area contributed by atoms with Gasteiger partial charge in [-0.05, 0) is 35.2 Å². The second kappa shape index (κ2) is 2.66. The van der Waals surface area contributed by atoms with Crippen molar-refractivity contribution in [2.24, 2.45) is 22.7 Å². The van der Waals surface area contributed by atoms with Crippen LogP contribution in [0.1, 0.15) is 38.2 Å². The lowest BCUT2D eigenvalue weighted by molar-refractivity contribution is -0.133. The summed E-state index contributed by atoms with van der Waals surface area (Å²) in [4.78, 5) is 12.3. The summed E-state index contributed by atoms with van der Waals surface area (Å²) in [6.07, 6.45) is 1.97. The lowest BCUT2D eigenvalue weighted by Gasteiger charge is -2.39. The molecule has 5 rings (SSSR count). The second-order valence-corrected chi connectivity index (χ2v) is 6.75. The third-order valence-electron chi connectivity index (χ3n) is 5.93. The maximum atomic E-state index is 12.3. The minimum Gasteiger partial charge on any atom is -0.299 e. The zero-order chi connectivity index (χ0) is 11.8. The predicted octanol–water partition coefficient (Wildman–Crippen LogP) is 3.41. The first-order valence-electron chi connectivity index (χ1n) is 6.66. The van der Waals surface area contributed by atoms with Crippen LogP contribution in [0.4, 0.5) is 0 Å². The van der Waals surface area contributed by atoms with Crippen LogP contribution in [-0.4, -0.2) is 5.78 Å². The number of benzene rings is 1. The first-order chi connectivity index (χ1) is 8.07. The topological polar surface area (TPSA) is 17.1 Å². The van der Waals surface area contributed by atoms with Crippen LogP contribution in [0.3, 0.4) is 0 Å². The SMILES string of the molecule is C[C@@]12C[C@]3(C)C(=O)C[C@H]1[C@H]2[C@H]3c1ccccc1. The zero-order valence-electron chi connectivity index (χ0n) is 10.4. The third-order valence-corrected chi connectivity index (χ3v) is 5.93. The van der Waals surface area contributed by atoms with E-state index in [2.05, 4.69) is 44.2 Å². The van der Waals surface area contributed by atoms with Gasteiger partial charge >= 0.3 is 0 Å². The Morgan fingerprint density at radius 3 is 2.59 bits per heavy atom. The van der Waals surface area contributed by atoms with E-state index >= 15 is 0 Å². The van der Waals surface area contributed by atoms with E-state index < -0.39 is 0 Å². The number of hydrogen-bond acceptors (Lipinski definition) is 1. The van der Waals surface area contributed by atoms with Crippen LogP contribution >= 0.6 is 0 Å². The lowest BCUT2D eigenvalue weighted by Crippen LogP contribution is -2.39. The molecule has 0 aliphatic heterocycles. The summed E-state index contributed by atoms with van der Waals surface area (Å²) in [7, 11) is 0. The highest BCUT2D eigenvalue weighted by Gasteiger charge is 2.78. The number of rotatable bonds is 1. The molecule has 4 fully saturated rings. The van der Waals surface area contributed by atoms with Crippen molar-refractivity contribution >= 4 is 5.78 Å². The molecule has 1 aromatic rings. The molecule has 4 bridgehead atoms. The molecule has 0 saturated heterocycles. The molecule has 4 aliphatic rings. The highest BCUT2D eigenvalue weighted by atomic mass is 16.1. The summed E-state index contributed by atoms with van der Waals surface area (Å²) < 4.78 is 0. The molecule has 0 N–H and O–H groups in total. The summed E-state index contributed by atoms with van der Waals surface area (Å²) in [5, 5.41) is 0. The molecule has 1 nitrogen and oxygen atoms in total. The molecule has 5 atom stereocenters. The molecule has 0 amide bonds. The molecule has 1 aromatic carbocycles. The average Bonchev–Trinajstić information content (AvgIpc) is 2.78. The average molecular weight is 226 g/mol. The monoisotopic (exact) mass is 226 g/mol. The Kier molecular flexibility index (Phi) is 1.54. The summed E-state index contributed by atoms with van der Waals surface area (Å²) in [6.45, 7) is 4.61. The fraction of sp³-hybridized carbons (Fsp3) is 0.562. The van der Waals surface area contributed by atoms with Crippen molar-refractivity contribution in [1.29, 1.82) is 0 Å². The fourth-order valence-corrected chi connectivity index (χ4v) is 5.16. The quantitative estimate of drug-likeness (QED) is 0.717. The molecule has 4 saturated carbocycles. The molecule has 88 valence electrons. The van der Waals surface area contributed by atoms with Gasteiger partial charge in [0.1, 0.15) is 5.78 Å². The van der Waals surface area contributed by atoms with Crippen molar-refractivity contribution in [3.63, 3.8) is 0 Å². The number of hydrogen-bond donors (Lipinski definition) is 0.